The van der Waals surface area contributed by atoms with Crippen LogP contribution in [0.1, 0.15) is 30.9 Å². The number of anilines is 2. The molecule has 180 valence electrons. The molecule has 0 heterocycles. The maximum atomic E-state index is 13.4. The SMILES string of the molecule is CC(C)c1ccc(N(CC(=O)Nc2ccc(Cl)cc2C(F)(F)F)S(=O)(=O)c2ccccc2)cc1. The molecule has 0 aliphatic rings. The van der Waals surface area contributed by atoms with E-state index in [1.54, 1.807) is 30.3 Å². The van der Waals surface area contributed by atoms with Crippen molar-refractivity contribution in [2.45, 2.75) is 30.8 Å². The van der Waals surface area contributed by atoms with Gasteiger partial charge in [0.05, 0.1) is 21.8 Å². The van der Waals surface area contributed by atoms with Crippen LogP contribution in [0.2, 0.25) is 5.02 Å². The van der Waals surface area contributed by atoms with Crippen LogP contribution in [0, 0.1) is 0 Å². The number of alkyl halides is 3. The molecule has 0 fully saturated rings. The summed E-state index contributed by atoms with van der Waals surface area (Å²) in [6.07, 6.45) is -4.77. The number of carbonyl (C=O) groups excluding carboxylic acids is 1. The number of hydrogen-bond donors (Lipinski definition) is 1. The number of hydrogen-bond acceptors (Lipinski definition) is 3. The molecule has 3 aromatic rings. The van der Waals surface area contributed by atoms with Gasteiger partial charge in [0.1, 0.15) is 6.54 Å². The molecule has 0 bridgehead atoms. The zero-order chi connectivity index (χ0) is 25.1. The summed E-state index contributed by atoms with van der Waals surface area (Å²) in [7, 11) is -4.19. The van der Waals surface area contributed by atoms with Crippen LogP contribution in [0.15, 0.2) is 77.7 Å². The highest BCUT2D eigenvalue weighted by Gasteiger charge is 2.35. The highest BCUT2D eigenvalue weighted by atomic mass is 35.5. The summed E-state index contributed by atoms with van der Waals surface area (Å²) in [4.78, 5) is 12.7. The first-order chi connectivity index (χ1) is 15.9. The number of amides is 1. The molecule has 5 nitrogen and oxygen atoms in total. The molecular formula is C24H22ClF3N2O3S. The number of nitrogens with zero attached hydrogens (tertiary/aromatic N) is 1. The molecule has 0 aliphatic heterocycles. The van der Waals surface area contributed by atoms with E-state index in [0.29, 0.717) is 6.07 Å². The van der Waals surface area contributed by atoms with Gasteiger partial charge in [0.25, 0.3) is 10.0 Å². The largest absolute Gasteiger partial charge is 0.418 e. The maximum Gasteiger partial charge on any atom is 0.418 e. The van der Waals surface area contributed by atoms with E-state index in [2.05, 4.69) is 5.32 Å². The van der Waals surface area contributed by atoms with Gasteiger partial charge in [0.2, 0.25) is 5.91 Å². The van der Waals surface area contributed by atoms with Crippen molar-refractivity contribution in [1.82, 2.24) is 0 Å². The van der Waals surface area contributed by atoms with Crippen molar-refractivity contribution < 1.29 is 26.4 Å². The Bertz CT molecular complexity index is 1260. The molecule has 0 unspecified atom stereocenters. The maximum absolute atomic E-state index is 13.4. The van der Waals surface area contributed by atoms with E-state index < -0.39 is 39.9 Å². The molecule has 10 heteroatoms. The first-order valence-electron chi connectivity index (χ1n) is 10.2. The van der Waals surface area contributed by atoms with Gasteiger partial charge in [0.15, 0.2) is 0 Å². The monoisotopic (exact) mass is 510 g/mol. The molecule has 0 radical (unpaired) electrons. The summed E-state index contributed by atoms with van der Waals surface area (Å²) in [5, 5.41) is 2.02. The van der Waals surface area contributed by atoms with Gasteiger partial charge < -0.3 is 5.32 Å². The summed E-state index contributed by atoms with van der Waals surface area (Å²) >= 11 is 5.69. The lowest BCUT2D eigenvalue weighted by Crippen LogP contribution is -2.38. The summed E-state index contributed by atoms with van der Waals surface area (Å²) in [5.41, 5.74) is -0.488. The fraction of sp³-hybridized carbons (Fsp3) is 0.208. The zero-order valence-electron chi connectivity index (χ0n) is 18.3. The van der Waals surface area contributed by atoms with E-state index in [0.717, 1.165) is 15.9 Å². The lowest BCUT2D eigenvalue weighted by atomic mass is 10.0. The lowest BCUT2D eigenvalue weighted by Gasteiger charge is -2.25. The highest BCUT2D eigenvalue weighted by Crippen LogP contribution is 2.36. The second-order valence-electron chi connectivity index (χ2n) is 7.81. The quantitative estimate of drug-likeness (QED) is 0.404. The van der Waals surface area contributed by atoms with Crippen LogP contribution >= 0.6 is 11.6 Å². The standard InChI is InChI=1S/C24H22ClF3N2O3S/c1-16(2)17-8-11-19(12-9-17)30(34(32,33)20-6-4-3-5-7-20)15-23(31)29-22-13-10-18(25)14-21(22)24(26,27)28/h3-14,16H,15H2,1-2H3,(H,29,31). The van der Waals surface area contributed by atoms with E-state index in [1.165, 1.54) is 30.3 Å². The van der Waals surface area contributed by atoms with E-state index in [1.807, 2.05) is 13.8 Å². The zero-order valence-corrected chi connectivity index (χ0v) is 19.9. The van der Waals surface area contributed by atoms with Crippen molar-refractivity contribution in [2.75, 3.05) is 16.2 Å². The van der Waals surface area contributed by atoms with E-state index in [9.17, 15) is 26.4 Å². The highest BCUT2D eigenvalue weighted by molar-refractivity contribution is 7.92. The molecule has 0 aliphatic carbocycles. The van der Waals surface area contributed by atoms with Crippen LogP contribution in [-0.4, -0.2) is 20.9 Å². The third kappa shape index (κ3) is 5.90. The van der Waals surface area contributed by atoms with Gasteiger partial charge in [-0.05, 0) is 53.9 Å². The second-order valence-corrected chi connectivity index (χ2v) is 10.1. The lowest BCUT2D eigenvalue weighted by molar-refractivity contribution is -0.137. The molecule has 0 saturated heterocycles. The van der Waals surface area contributed by atoms with Crippen LogP contribution in [-0.2, 0) is 21.0 Å². The van der Waals surface area contributed by atoms with Crippen molar-refractivity contribution in [3.05, 3.63) is 88.9 Å². The van der Waals surface area contributed by atoms with Gasteiger partial charge in [-0.1, -0.05) is 55.8 Å². The number of nitrogens with one attached hydrogen (secondary N) is 1. The van der Waals surface area contributed by atoms with Gasteiger partial charge in [-0.3, -0.25) is 9.10 Å². The minimum atomic E-state index is -4.77. The molecule has 3 aromatic carbocycles. The first-order valence-corrected chi connectivity index (χ1v) is 12.1. The van der Waals surface area contributed by atoms with Crippen molar-refractivity contribution in [1.29, 1.82) is 0 Å². The van der Waals surface area contributed by atoms with Crippen molar-refractivity contribution in [2.24, 2.45) is 0 Å². The fourth-order valence-electron chi connectivity index (χ4n) is 3.24. The van der Waals surface area contributed by atoms with Gasteiger partial charge in [-0.15, -0.1) is 0 Å². The third-order valence-corrected chi connectivity index (χ3v) is 7.05. The van der Waals surface area contributed by atoms with E-state index in [4.69, 9.17) is 11.6 Å². The van der Waals surface area contributed by atoms with Crippen LogP contribution < -0.4 is 9.62 Å². The molecule has 0 spiro atoms. The Morgan fingerprint density at radius 1 is 1.00 bits per heavy atom. The Balaban J connectivity index is 1.97. The Morgan fingerprint density at radius 3 is 2.18 bits per heavy atom. The van der Waals surface area contributed by atoms with Crippen LogP contribution in [0.25, 0.3) is 0 Å². The number of benzene rings is 3. The predicted octanol–water partition coefficient (Wildman–Crippen LogP) is 6.32. The van der Waals surface area contributed by atoms with Crippen LogP contribution in [0.3, 0.4) is 0 Å². The number of rotatable bonds is 7. The van der Waals surface area contributed by atoms with Crippen molar-refractivity contribution in [3.63, 3.8) is 0 Å². The Morgan fingerprint density at radius 2 is 1.62 bits per heavy atom. The van der Waals surface area contributed by atoms with E-state index >= 15 is 0 Å². The number of halogens is 4. The smallest absolute Gasteiger partial charge is 0.324 e. The number of sulfonamides is 1. The summed E-state index contributed by atoms with van der Waals surface area (Å²) in [6, 6.07) is 17.0. The summed E-state index contributed by atoms with van der Waals surface area (Å²) in [5.74, 6) is -0.748. The average Bonchev–Trinajstić information content (AvgIpc) is 2.78. The predicted molar refractivity (Wildman–Crippen MR) is 127 cm³/mol. The average molecular weight is 511 g/mol. The summed E-state index contributed by atoms with van der Waals surface area (Å²) < 4.78 is 67.8. The third-order valence-electron chi connectivity index (χ3n) is 5.03. The van der Waals surface area contributed by atoms with Crippen molar-refractivity contribution in [3.8, 4) is 0 Å². The first kappa shape index (κ1) is 25.6. The molecule has 1 amide bonds. The Kier molecular flexibility index (Phi) is 7.57. The van der Waals surface area contributed by atoms with Gasteiger partial charge in [0, 0.05) is 5.02 Å². The minimum Gasteiger partial charge on any atom is -0.324 e. The normalized spacial score (nSPS) is 12.0. The molecule has 1 N–H and O–H groups in total. The van der Waals surface area contributed by atoms with Crippen molar-refractivity contribution >= 4 is 38.9 Å². The van der Waals surface area contributed by atoms with Crippen LogP contribution in [0.5, 0.6) is 0 Å². The molecule has 34 heavy (non-hydrogen) atoms. The van der Waals surface area contributed by atoms with Gasteiger partial charge >= 0.3 is 6.18 Å². The molecule has 0 aromatic heterocycles. The van der Waals surface area contributed by atoms with E-state index in [-0.39, 0.29) is 21.5 Å². The fourth-order valence-corrected chi connectivity index (χ4v) is 4.85. The van der Waals surface area contributed by atoms with Gasteiger partial charge in [-0.25, -0.2) is 8.42 Å². The van der Waals surface area contributed by atoms with Crippen LogP contribution in [0.4, 0.5) is 24.5 Å². The minimum absolute atomic E-state index is 0.0572. The Hall–Kier alpha value is -3.04. The molecular weight excluding hydrogens is 489 g/mol. The molecule has 0 atom stereocenters. The Labute approximate surface area is 201 Å². The molecule has 0 saturated carbocycles. The number of carbonyl (C=O) groups is 1. The topological polar surface area (TPSA) is 66.5 Å². The molecule has 3 rings (SSSR count). The van der Waals surface area contributed by atoms with Gasteiger partial charge in [-0.2, -0.15) is 13.2 Å². The summed E-state index contributed by atoms with van der Waals surface area (Å²) in [6.45, 7) is 3.22. The second kappa shape index (κ2) is 10.1.